The van der Waals surface area contributed by atoms with Crippen molar-refractivity contribution in [2.24, 2.45) is 0 Å². The van der Waals surface area contributed by atoms with Crippen LogP contribution in [0.25, 0.3) is 0 Å². The molecule has 5 heteroatoms. The number of nitrogens with zero attached hydrogens (tertiary/aromatic N) is 2. The average molecular weight is 271 g/mol. The van der Waals surface area contributed by atoms with Crippen molar-refractivity contribution < 1.29 is 8.78 Å². The van der Waals surface area contributed by atoms with E-state index in [-0.39, 0.29) is 5.56 Å². The zero-order chi connectivity index (χ0) is 13.9. The molecule has 0 bridgehead atoms. The maximum Gasteiger partial charge on any atom is 0.163 e. The summed E-state index contributed by atoms with van der Waals surface area (Å²) < 4.78 is 27.6. The topological polar surface area (TPSA) is 41.6 Å². The number of halogens is 2. The molecule has 0 fully saturated rings. The van der Waals surface area contributed by atoms with Crippen LogP contribution in [-0.4, -0.2) is 15.0 Å². The van der Waals surface area contributed by atoms with Crippen LogP contribution in [0.5, 0.6) is 0 Å². The van der Waals surface area contributed by atoms with Crippen LogP contribution in [0.4, 0.5) is 8.78 Å². The van der Waals surface area contributed by atoms with Crippen LogP contribution in [-0.2, 0) is 0 Å². The Morgan fingerprint density at radius 3 is 2.50 bits per heavy atom. The number of imidazole rings is 1. The average Bonchev–Trinajstić information content (AvgIpc) is 2.99. The van der Waals surface area contributed by atoms with E-state index in [0.717, 1.165) is 11.6 Å². The zero-order valence-corrected chi connectivity index (χ0v) is 10.4. The van der Waals surface area contributed by atoms with Crippen LogP contribution in [0.15, 0.2) is 55.2 Å². The molecule has 1 unspecified atom stereocenters. The van der Waals surface area contributed by atoms with Gasteiger partial charge in [0.1, 0.15) is 0 Å². The lowest BCUT2D eigenvalue weighted by atomic mass is 9.89. The number of pyridine rings is 1. The number of aromatic amines is 1. The van der Waals surface area contributed by atoms with Crippen LogP contribution in [0.3, 0.4) is 0 Å². The molecule has 3 aromatic rings. The van der Waals surface area contributed by atoms with Gasteiger partial charge in [-0.1, -0.05) is 12.1 Å². The molecule has 2 aromatic heterocycles. The molecule has 3 nitrogen and oxygen atoms in total. The highest BCUT2D eigenvalue weighted by molar-refractivity contribution is 5.39. The standard InChI is InChI=1S/C15H11F2N3/c16-12-3-1-2-11(15(12)17)14(13-8-19-9-20-13)10-4-6-18-7-5-10/h1-9,14H,(H,19,20). The lowest BCUT2D eigenvalue weighted by Gasteiger charge is -2.17. The molecule has 0 spiro atoms. The second-order valence-corrected chi connectivity index (χ2v) is 4.36. The van der Waals surface area contributed by atoms with Crippen molar-refractivity contribution in [1.29, 1.82) is 0 Å². The van der Waals surface area contributed by atoms with E-state index in [0.29, 0.717) is 5.69 Å². The molecule has 0 saturated heterocycles. The highest BCUT2D eigenvalue weighted by Crippen LogP contribution is 2.32. The molecule has 100 valence electrons. The van der Waals surface area contributed by atoms with Gasteiger partial charge in [0.2, 0.25) is 0 Å². The Bertz CT molecular complexity index is 696. The first kappa shape index (κ1) is 12.5. The van der Waals surface area contributed by atoms with Gasteiger partial charge in [-0.15, -0.1) is 0 Å². The number of rotatable bonds is 3. The van der Waals surface area contributed by atoms with Crippen LogP contribution < -0.4 is 0 Å². The Hall–Kier alpha value is -2.56. The fraction of sp³-hybridized carbons (Fsp3) is 0.0667. The number of hydrogen-bond donors (Lipinski definition) is 1. The molecule has 0 aliphatic heterocycles. The molecular weight excluding hydrogens is 260 g/mol. The molecule has 0 saturated carbocycles. The number of nitrogens with one attached hydrogen (secondary N) is 1. The summed E-state index contributed by atoms with van der Waals surface area (Å²) in [7, 11) is 0. The maximum absolute atomic E-state index is 14.1. The summed E-state index contributed by atoms with van der Waals surface area (Å²) in [6.07, 6.45) is 6.36. The Labute approximate surface area is 114 Å². The summed E-state index contributed by atoms with van der Waals surface area (Å²) in [6.45, 7) is 0. The predicted octanol–water partition coefficient (Wildman–Crippen LogP) is 3.26. The van der Waals surface area contributed by atoms with E-state index >= 15 is 0 Å². The highest BCUT2D eigenvalue weighted by Gasteiger charge is 2.22. The molecule has 1 N–H and O–H groups in total. The summed E-state index contributed by atoms with van der Waals surface area (Å²) in [5, 5.41) is 0. The molecule has 0 aliphatic rings. The first-order valence-electron chi connectivity index (χ1n) is 6.09. The molecular formula is C15H11F2N3. The van der Waals surface area contributed by atoms with E-state index in [1.165, 1.54) is 12.4 Å². The maximum atomic E-state index is 14.1. The third-order valence-electron chi connectivity index (χ3n) is 3.16. The predicted molar refractivity (Wildman–Crippen MR) is 70.1 cm³/mol. The minimum Gasteiger partial charge on any atom is -0.348 e. The van der Waals surface area contributed by atoms with Gasteiger partial charge in [-0.05, 0) is 23.8 Å². The first-order valence-corrected chi connectivity index (χ1v) is 6.09. The lowest BCUT2D eigenvalue weighted by molar-refractivity contribution is 0.497. The molecule has 1 aromatic carbocycles. The van der Waals surface area contributed by atoms with Crippen molar-refractivity contribution in [2.45, 2.75) is 5.92 Å². The summed E-state index contributed by atoms with van der Waals surface area (Å²) in [6, 6.07) is 7.73. The first-order chi connectivity index (χ1) is 9.77. The number of aromatic nitrogens is 3. The molecule has 2 heterocycles. The minimum absolute atomic E-state index is 0.264. The number of benzene rings is 1. The third kappa shape index (κ3) is 2.18. The Morgan fingerprint density at radius 1 is 1.00 bits per heavy atom. The monoisotopic (exact) mass is 271 g/mol. The van der Waals surface area contributed by atoms with Gasteiger partial charge in [-0.3, -0.25) is 4.98 Å². The van der Waals surface area contributed by atoms with E-state index in [9.17, 15) is 8.78 Å². The third-order valence-corrected chi connectivity index (χ3v) is 3.16. The van der Waals surface area contributed by atoms with Gasteiger partial charge >= 0.3 is 0 Å². The fourth-order valence-corrected chi connectivity index (χ4v) is 2.25. The Morgan fingerprint density at radius 2 is 1.80 bits per heavy atom. The van der Waals surface area contributed by atoms with Crippen LogP contribution >= 0.6 is 0 Å². The molecule has 20 heavy (non-hydrogen) atoms. The molecule has 1 atom stereocenters. The van der Waals surface area contributed by atoms with Gasteiger partial charge in [0.25, 0.3) is 0 Å². The van der Waals surface area contributed by atoms with Gasteiger partial charge in [-0.25, -0.2) is 13.8 Å². The minimum atomic E-state index is -0.860. The summed E-state index contributed by atoms with van der Waals surface area (Å²) in [4.78, 5) is 10.9. The van der Waals surface area contributed by atoms with E-state index in [1.807, 2.05) is 0 Å². The van der Waals surface area contributed by atoms with E-state index in [4.69, 9.17) is 0 Å². The van der Waals surface area contributed by atoms with Gasteiger partial charge in [0, 0.05) is 29.8 Å². The number of H-pyrrole nitrogens is 1. The lowest BCUT2D eigenvalue weighted by Crippen LogP contribution is -2.07. The second kappa shape index (κ2) is 5.21. The SMILES string of the molecule is Fc1cccc(C(c2ccncc2)c2cnc[nH]2)c1F. The van der Waals surface area contributed by atoms with Gasteiger partial charge in [-0.2, -0.15) is 0 Å². The summed E-state index contributed by atoms with van der Waals surface area (Å²) in [5.74, 6) is -2.15. The fourth-order valence-electron chi connectivity index (χ4n) is 2.25. The van der Waals surface area contributed by atoms with Crippen molar-refractivity contribution in [3.63, 3.8) is 0 Å². The van der Waals surface area contributed by atoms with Crippen molar-refractivity contribution in [3.05, 3.63) is 83.7 Å². The van der Waals surface area contributed by atoms with Crippen LogP contribution in [0, 0.1) is 11.6 Å². The van der Waals surface area contributed by atoms with Gasteiger partial charge in [0.05, 0.1) is 12.2 Å². The quantitative estimate of drug-likeness (QED) is 0.794. The van der Waals surface area contributed by atoms with E-state index < -0.39 is 17.6 Å². The van der Waals surface area contributed by atoms with Gasteiger partial charge < -0.3 is 4.98 Å². The molecule has 3 rings (SSSR count). The van der Waals surface area contributed by atoms with Crippen molar-refractivity contribution in [1.82, 2.24) is 15.0 Å². The molecule has 0 amide bonds. The van der Waals surface area contributed by atoms with Crippen molar-refractivity contribution in [3.8, 4) is 0 Å². The smallest absolute Gasteiger partial charge is 0.163 e. The van der Waals surface area contributed by atoms with E-state index in [2.05, 4.69) is 15.0 Å². The molecule has 0 radical (unpaired) electrons. The van der Waals surface area contributed by atoms with E-state index in [1.54, 1.807) is 36.8 Å². The highest BCUT2D eigenvalue weighted by atomic mass is 19.2. The Kier molecular flexibility index (Phi) is 3.25. The number of hydrogen-bond acceptors (Lipinski definition) is 2. The van der Waals surface area contributed by atoms with Crippen LogP contribution in [0.1, 0.15) is 22.7 Å². The molecule has 0 aliphatic carbocycles. The largest absolute Gasteiger partial charge is 0.348 e. The second-order valence-electron chi connectivity index (χ2n) is 4.36. The van der Waals surface area contributed by atoms with Crippen LogP contribution in [0.2, 0.25) is 0 Å². The Balaban J connectivity index is 2.19. The summed E-state index contributed by atoms with van der Waals surface area (Å²) >= 11 is 0. The normalized spacial score (nSPS) is 12.3. The summed E-state index contributed by atoms with van der Waals surface area (Å²) in [5.41, 5.74) is 1.77. The van der Waals surface area contributed by atoms with Gasteiger partial charge in [0.15, 0.2) is 11.6 Å². The van der Waals surface area contributed by atoms with Crippen molar-refractivity contribution in [2.75, 3.05) is 0 Å². The zero-order valence-electron chi connectivity index (χ0n) is 10.4. The van der Waals surface area contributed by atoms with Crippen molar-refractivity contribution >= 4 is 0 Å².